The molecule has 0 aliphatic heterocycles. The zero-order chi connectivity index (χ0) is 14.3. The number of fused-ring (bicyclic) bond motifs is 1. The smallest absolute Gasteiger partial charge is 0.254 e. The topological polar surface area (TPSA) is 55.1 Å². The molecular weight excluding hydrogens is 318 g/mol. The fourth-order valence-corrected chi connectivity index (χ4v) is 2.29. The molecule has 0 spiro atoms. The summed E-state index contributed by atoms with van der Waals surface area (Å²) >= 11 is 3.51. The molecule has 5 nitrogen and oxygen atoms in total. The van der Waals surface area contributed by atoms with Crippen LogP contribution in [0.1, 0.15) is 16.8 Å². The Hall–Kier alpha value is -1.95. The number of halogens is 1. The Labute approximate surface area is 125 Å². The van der Waals surface area contributed by atoms with Crippen LogP contribution in [0.5, 0.6) is 0 Å². The number of nitrogens with zero attached hydrogens (tertiary/aromatic N) is 4. The van der Waals surface area contributed by atoms with Gasteiger partial charge < -0.3 is 5.32 Å². The summed E-state index contributed by atoms with van der Waals surface area (Å²) in [6.45, 7) is 6.06. The fraction of sp³-hybridized carbons (Fsp3) is 0.214. The molecule has 2 heterocycles. The van der Waals surface area contributed by atoms with Crippen LogP contribution in [0.15, 0.2) is 29.0 Å². The van der Waals surface area contributed by atoms with Gasteiger partial charge in [0.15, 0.2) is 0 Å². The molecule has 0 atom stereocenters. The van der Waals surface area contributed by atoms with Crippen LogP contribution in [0.3, 0.4) is 0 Å². The molecule has 3 aromatic rings. The Morgan fingerprint density at radius 2 is 2.00 bits per heavy atom. The Bertz CT molecular complexity index is 794. The van der Waals surface area contributed by atoms with Gasteiger partial charge in [-0.1, -0.05) is 15.9 Å². The molecule has 0 bridgehead atoms. The highest BCUT2D eigenvalue weighted by atomic mass is 79.9. The van der Waals surface area contributed by atoms with Crippen molar-refractivity contribution in [2.45, 2.75) is 20.8 Å². The third-order valence-corrected chi connectivity index (χ3v) is 4.22. The predicted octanol–water partition coefficient (Wildman–Crippen LogP) is 3.56. The van der Waals surface area contributed by atoms with Gasteiger partial charge in [0, 0.05) is 21.4 Å². The van der Waals surface area contributed by atoms with E-state index in [2.05, 4.69) is 49.3 Å². The Morgan fingerprint density at radius 3 is 2.75 bits per heavy atom. The molecule has 102 valence electrons. The molecule has 0 aliphatic rings. The van der Waals surface area contributed by atoms with Crippen LogP contribution < -0.4 is 5.32 Å². The van der Waals surface area contributed by atoms with Gasteiger partial charge in [0.05, 0.1) is 0 Å². The Kier molecular flexibility index (Phi) is 3.17. The lowest BCUT2D eigenvalue weighted by molar-refractivity contribution is 0.923. The van der Waals surface area contributed by atoms with E-state index < -0.39 is 0 Å². The standard InChI is InChI=1S/C14H14BrN5/c1-8-6-11(4-5-12(8)15)19-13-9(2)10(3)18-14-16-7-17-20(13)14/h4-7,19H,1-3H3. The number of nitrogens with one attached hydrogen (secondary N) is 1. The summed E-state index contributed by atoms with van der Waals surface area (Å²) in [5.41, 5.74) is 4.19. The first-order chi connectivity index (χ1) is 9.56. The summed E-state index contributed by atoms with van der Waals surface area (Å²) in [6, 6.07) is 6.14. The van der Waals surface area contributed by atoms with E-state index in [0.29, 0.717) is 5.78 Å². The average molecular weight is 332 g/mol. The first-order valence-electron chi connectivity index (χ1n) is 6.26. The lowest BCUT2D eigenvalue weighted by Crippen LogP contribution is -2.06. The summed E-state index contributed by atoms with van der Waals surface area (Å²) < 4.78 is 2.82. The number of hydrogen-bond acceptors (Lipinski definition) is 4. The van der Waals surface area contributed by atoms with Gasteiger partial charge in [0.2, 0.25) is 0 Å². The highest BCUT2D eigenvalue weighted by Crippen LogP contribution is 2.25. The van der Waals surface area contributed by atoms with Crippen molar-refractivity contribution in [1.82, 2.24) is 19.6 Å². The molecule has 0 radical (unpaired) electrons. The van der Waals surface area contributed by atoms with Crippen LogP contribution in [0.25, 0.3) is 5.78 Å². The number of aryl methyl sites for hydroxylation is 2. The van der Waals surface area contributed by atoms with Crippen LogP contribution in [-0.2, 0) is 0 Å². The molecule has 20 heavy (non-hydrogen) atoms. The van der Waals surface area contributed by atoms with Crippen LogP contribution >= 0.6 is 15.9 Å². The second-order valence-corrected chi connectivity index (χ2v) is 5.59. The molecule has 0 aliphatic carbocycles. The molecule has 3 rings (SSSR count). The lowest BCUT2D eigenvalue weighted by atomic mass is 10.2. The zero-order valence-corrected chi connectivity index (χ0v) is 13.1. The predicted molar refractivity (Wildman–Crippen MR) is 82.4 cm³/mol. The summed E-state index contributed by atoms with van der Waals surface area (Å²) in [5.74, 6) is 1.50. The third-order valence-electron chi connectivity index (χ3n) is 3.33. The van der Waals surface area contributed by atoms with Crippen molar-refractivity contribution < 1.29 is 0 Å². The van der Waals surface area contributed by atoms with E-state index in [9.17, 15) is 0 Å². The van der Waals surface area contributed by atoms with Crippen LogP contribution in [0.4, 0.5) is 11.5 Å². The number of anilines is 2. The van der Waals surface area contributed by atoms with E-state index in [1.165, 1.54) is 11.9 Å². The quantitative estimate of drug-likeness (QED) is 0.780. The summed E-state index contributed by atoms with van der Waals surface area (Å²) in [5, 5.41) is 7.64. The van der Waals surface area contributed by atoms with Gasteiger partial charge >= 0.3 is 0 Å². The van der Waals surface area contributed by atoms with Crippen molar-refractivity contribution in [1.29, 1.82) is 0 Å². The number of benzene rings is 1. The van der Waals surface area contributed by atoms with Gasteiger partial charge in [0.25, 0.3) is 5.78 Å². The largest absolute Gasteiger partial charge is 0.340 e. The highest BCUT2D eigenvalue weighted by molar-refractivity contribution is 9.10. The monoisotopic (exact) mass is 331 g/mol. The van der Waals surface area contributed by atoms with E-state index in [4.69, 9.17) is 0 Å². The Morgan fingerprint density at radius 1 is 1.20 bits per heavy atom. The SMILES string of the molecule is Cc1cc(Nc2c(C)c(C)nc3ncnn23)ccc1Br. The highest BCUT2D eigenvalue weighted by Gasteiger charge is 2.11. The van der Waals surface area contributed by atoms with E-state index in [1.54, 1.807) is 4.52 Å². The lowest BCUT2D eigenvalue weighted by Gasteiger charge is -2.13. The molecule has 0 unspecified atom stereocenters. The number of hydrogen-bond donors (Lipinski definition) is 1. The van der Waals surface area contributed by atoms with E-state index in [0.717, 1.165) is 27.2 Å². The molecular formula is C14H14BrN5. The number of aromatic nitrogens is 4. The fourth-order valence-electron chi connectivity index (χ4n) is 2.04. The number of rotatable bonds is 2. The summed E-state index contributed by atoms with van der Waals surface area (Å²) in [4.78, 5) is 8.56. The molecule has 1 aromatic carbocycles. The van der Waals surface area contributed by atoms with Gasteiger partial charge in [-0.25, -0.2) is 4.98 Å². The minimum Gasteiger partial charge on any atom is -0.340 e. The van der Waals surface area contributed by atoms with Gasteiger partial charge in [-0.15, -0.1) is 0 Å². The van der Waals surface area contributed by atoms with Crippen molar-refractivity contribution >= 4 is 33.2 Å². The van der Waals surface area contributed by atoms with Crippen LogP contribution in [0.2, 0.25) is 0 Å². The normalized spacial score (nSPS) is 11.0. The molecule has 0 amide bonds. The van der Waals surface area contributed by atoms with Gasteiger partial charge in [-0.3, -0.25) is 0 Å². The summed E-state index contributed by atoms with van der Waals surface area (Å²) in [6.07, 6.45) is 1.51. The minimum atomic E-state index is 0.601. The average Bonchev–Trinajstić information content (AvgIpc) is 2.87. The summed E-state index contributed by atoms with van der Waals surface area (Å²) in [7, 11) is 0. The maximum absolute atomic E-state index is 4.41. The van der Waals surface area contributed by atoms with Crippen LogP contribution in [-0.4, -0.2) is 19.6 Å². The molecule has 1 N–H and O–H groups in total. The zero-order valence-electron chi connectivity index (χ0n) is 11.5. The molecule has 2 aromatic heterocycles. The van der Waals surface area contributed by atoms with Crippen LogP contribution in [0, 0.1) is 20.8 Å². The molecule has 0 saturated heterocycles. The maximum atomic E-state index is 4.41. The van der Waals surface area contributed by atoms with Gasteiger partial charge in [-0.05, 0) is 44.5 Å². The van der Waals surface area contributed by atoms with Crippen molar-refractivity contribution in [3.05, 3.63) is 45.8 Å². The van der Waals surface area contributed by atoms with E-state index in [1.807, 2.05) is 26.0 Å². The second-order valence-electron chi connectivity index (χ2n) is 4.73. The first-order valence-corrected chi connectivity index (χ1v) is 7.05. The molecule has 0 saturated carbocycles. The van der Waals surface area contributed by atoms with Crippen molar-refractivity contribution in [3.63, 3.8) is 0 Å². The van der Waals surface area contributed by atoms with Crippen molar-refractivity contribution in [2.75, 3.05) is 5.32 Å². The third kappa shape index (κ3) is 2.16. The molecule has 0 fully saturated rings. The first kappa shape index (κ1) is 13.1. The van der Waals surface area contributed by atoms with E-state index in [-0.39, 0.29) is 0 Å². The maximum Gasteiger partial charge on any atom is 0.254 e. The van der Waals surface area contributed by atoms with Gasteiger partial charge in [-0.2, -0.15) is 14.6 Å². The molecule has 6 heteroatoms. The van der Waals surface area contributed by atoms with E-state index >= 15 is 0 Å². The minimum absolute atomic E-state index is 0.601. The van der Waals surface area contributed by atoms with Crippen molar-refractivity contribution in [2.24, 2.45) is 0 Å². The second kappa shape index (κ2) is 4.86. The Balaban J connectivity index is 2.11. The van der Waals surface area contributed by atoms with Crippen molar-refractivity contribution in [3.8, 4) is 0 Å². The van der Waals surface area contributed by atoms with Gasteiger partial charge in [0.1, 0.15) is 12.1 Å².